The van der Waals surface area contributed by atoms with Gasteiger partial charge in [0, 0.05) is 27.4 Å². The normalized spacial score (nSPS) is 17.8. The van der Waals surface area contributed by atoms with Crippen molar-refractivity contribution in [2.24, 2.45) is 5.40 Å². The van der Waals surface area contributed by atoms with Crippen molar-refractivity contribution in [1.29, 1.82) is 0 Å². The molecule has 1 saturated heterocycles. The molecule has 0 atom stereocenters. The molecule has 0 amide bonds. The van der Waals surface area contributed by atoms with Crippen LogP contribution in [0, 0.1) is 0 Å². The van der Waals surface area contributed by atoms with Crippen LogP contribution in [-0.4, -0.2) is 39.1 Å². The van der Waals surface area contributed by atoms with E-state index in [4.69, 9.17) is 18.7 Å². The van der Waals surface area contributed by atoms with Gasteiger partial charge in [-0.15, -0.1) is 0 Å². The SMILES string of the molecule is CC[Si](OC)(OC)OC.N[SiH]1CCCCC1. The zero-order valence-electron chi connectivity index (χ0n) is 11.1. The second-order valence-electron chi connectivity index (χ2n) is 4.05. The Morgan fingerprint density at radius 1 is 1.00 bits per heavy atom. The summed E-state index contributed by atoms with van der Waals surface area (Å²) in [5.74, 6) is 0. The monoisotopic (exact) mass is 265 g/mol. The van der Waals surface area contributed by atoms with Crippen molar-refractivity contribution in [3.8, 4) is 0 Å². The van der Waals surface area contributed by atoms with E-state index in [2.05, 4.69) is 0 Å². The molecule has 1 aliphatic heterocycles. The summed E-state index contributed by atoms with van der Waals surface area (Å²) in [6.07, 6.45) is 4.29. The third-order valence-corrected chi connectivity index (χ3v) is 8.05. The molecule has 0 unspecified atom stereocenters. The van der Waals surface area contributed by atoms with Crippen LogP contribution in [0.15, 0.2) is 0 Å². The minimum absolute atomic E-state index is 0.595. The van der Waals surface area contributed by atoms with Crippen LogP contribution in [0.1, 0.15) is 26.2 Å². The lowest BCUT2D eigenvalue weighted by Crippen LogP contribution is -2.41. The van der Waals surface area contributed by atoms with E-state index in [1.807, 2.05) is 6.92 Å². The van der Waals surface area contributed by atoms with E-state index in [-0.39, 0.29) is 0 Å². The van der Waals surface area contributed by atoms with Gasteiger partial charge < -0.3 is 18.7 Å². The van der Waals surface area contributed by atoms with E-state index >= 15 is 0 Å². The van der Waals surface area contributed by atoms with Crippen LogP contribution in [0.4, 0.5) is 0 Å². The molecular formula is C10H27NO3Si2. The summed E-state index contributed by atoms with van der Waals surface area (Å²) < 4.78 is 15.2. The molecule has 0 radical (unpaired) electrons. The third kappa shape index (κ3) is 6.12. The fourth-order valence-corrected chi connectivity index (χ4v) is 5.10. The summed E-state index contributed by atoms with van der Waals surface area (Å²) in [6, 6.07) is 3.62. The molecule has 4 nitrogen and oxygen atoms in total. The van der Waals surface area contributed by atoms with Gasteiger partial charge in [-0.1, -0.05) is 26.2 Å². The summed E-state index contributed by atoms with van der Waals surface area (Å²) in [5.41, 5.74) is 0. The van der Waals surface area contributed by atoms with Gasteiger partial charge in [0.15, 0.2) is 0 Å². The fourth-order valence-electron chi connectivity index (χ4n) is 1.82. The smallest absolute Gasteiger partial charge is 0.377 e. The molecule has 0 aromatic heterocycles. The Hall–Kier alpha value is 0.274. The summed E-state index contributed by atoms with van der Waals surface area (Å²) in [4.78, 5) is 0. The summed E-state index contributed by atoms with van der Waals surface area (Å²) in [6.45, 7) is 1.99. The highest BCUT2D eigenvalue weighted by molar-refractivity contribution is 6.60. The average Bonchev–Trinajstić information content (AvgIpc) is 2.35. The highest BCUT2D eigenvalue weighted by Crippen LogP contribution is 2.14. The molecule has 0 aromatic rings. The lowest BCUT2D eigenvalue weighted by Gasteiger charge is -2.22. The van der Waals surface area contributed by atoms with Crippen molar-refractivity contribution >= 4 is 17.8 Å². The van der Waals surface area contributed by atoms with Gasteiger partial charge in [0.25, 0.3) is 0 Å². The fraction of sp³-hybridized carbons (Fsp3) is 1.00. The molecule has 2 N–H and O–H groups in total. The van der Waals surface area contributed by atoms with Crippen LogP contribution in [0.3, 0.4) is 0 Å². The zero-order chi connectivity index (χ0) is 12.4. The minimum atomic E-state index is -2.19. The van der Waals surface area contributed by atoms with Crippen LogP contribution in [-0.2, 0) is 13.3 Å². The van der Waals surface area contributed by atoms with Crippen molar-refractivity contribution in [2.75, 3.05) is 21.3 Å². The van der Waals surface area contributed by atoms with Crippen LogP contribution in [0.5, 0.6) is 0 Å². The number of hydrogen-bond acceptors (Lipinski definition) is 4. The molecule has 0 saturated carbocycles. The van der Waals surface area contributed by atoms with E-state index in [1.54, 1.807) is 21.3 Å². The van der Waals surface area contributed by atoms with Crippen LogP contribution >= 0.6 is 0 Å². The quantitative estimate of drug-likeness (QED) is 0.787. The van der Waals surface area contributed by atoms with Gasteiger partial charge >= 0.3 is 8.80 Å². The van der Waals surface area contributed by atoms with Crippen LogP contribution < -0.4 is 5.40 Å². The Morgan fingerprint density at radius 2 is 1.44 bits per heavy atom. The van der Waals surface area contributed by atoms with Crippen molar-refractivity contribution in [2.45, 2.75) is 44.3 Å². The first kappa shape index (κ1) is 16.3. The number of nitrogens with two attached hydrogens (primary N) is 1. The highest BCUT2D eigenvalue weighted by atomic mass is 28.4. The molecule has 0 aliphatic carbocycles. The first-order valence-corrected chi connectivity index (χ1v) is 10.3. The highest BCUT2D eigenvalue weighted by Gasteiger charge is 2.34. The third-order valence-electron chi connectivity index (χ3n) is 3.02. The lowest BCUT2D eigenvalue weighted by atomic mass is 10.3. The first-order chi connectivity index (χ1) is 7.64. The molecule has 1 rings (SSSR count). The molecule has 0 aromatic carbocycles. The maximum absolute atomic E-state index is 5.77. The standard InChI is InChI=1S/C5H13NSi.C5H14O3Si/c6-7-4-2-1-3-5-7;1-5-9(6-2,7-3)8-4/h7H,1-6H2;5H2,1-4H3. The Balaban J connectivity index is 0.000000288. The Labute approximate surface area is 103 Å². The van der Waals surface area contributed by atoms with Gasteiger partial charge in [-0.2, -0.15) is 0 Å². The Kier molecular flexibility index (Phi) is 9.48. The maximum atomic E-state index is 5.77. The molecule has 1 aliphatic rings. The molecule has 1 fully saturated rings. The van der Waals surface area contributed by atoms with E-state index < -0.39 is 17.8 Å². The van der Waals surface area contributed by atoms with Crippen molar-refractivity contribution in [1.82, 2.24) is 0 Å². The molecule has 1 heterocycles. The van der Waals surface area contributed by atoms with Gasteiger partial charge in [-0.25, -0.2) is 0 Å². The number of rotatable bonds is 4. The van der Waals surface area contributed by atoms with Crippen molar-refractivity contribution in [3.63, 3.8) is 0 Å². The van der Waals surface area contributed by atoms with E-state index in [0.717, 1.165) is 6.04 Å². The first-order valence-electron chi connectivity index (χ1n) is 6.05. The van der Waals surface area contributed by atoms with E-state index in [1.165, 1.54) is 31.4 Å². The van der Waals surface area contributed by atoms with Crippen LogP contribution in [0.2, 0.25) is 18.1 Å². The van der Waals surface area contributed by atoms with Gasteiger partial charge in [0.1, 0.15) is 8.96 Å². The average molecular weight is 266 g/mol. The molecule has 98 valence electrons. The summed E-state index contributed by atoms with van der Waals surface area (Å²) in [5, 5.41) is 5.77. The second-order valence-corrected chi connectivity index (χ2v) is 10.0. The topological polar surface area (TPSA) is 53.7 Å². The minimum Gasteiger partial charge on any atom is -0.377 e. The molecular weight excluding hydrogens is 238 g/mol. The van der Waals surface area contributed by atoms with Gasteiger partial charge in [-0.3, -0.25) is 0 Å². The predicted octanol–water partition coefficient (Wildman–Crippen LogP) is 1.74. The summed E-state index contributed by atoms with van der Waals surface area (Å²) in [7, 11) is 2.06. The molecule has 16 heavy (non-hydrogen) atoms. The second kappa shape index (κ2) is 9.32. The Bertz CT molecular complexity index is 145. The lowest BCUT2D eigenvalue weighted by molar-refractivity contribution is 0.125. The van der Waals surface area contributed by atoms with Gasteiger partial charge in [0.2, 0.25) is 0 Å². The largest absolute Gasteiger partial charge is 0.499 e. The van der Waals surface area contributed by atoms with Crippen molar-refractivity contribution in [3.05, 3.63) is 0 Å². The molecule has 0 bridgehead atoms. The summed E-state index contributed by atoms with van der Waals surface area (Å²) >= 11 is 0. The number of hydrogen-bond donors (Lipinski definition) is 1. The molecule has 6 heteroatoms. The zero-order valence-corrected chi connectivity index (χ0v) is 13.3. The molecule has 0 spiro atoms. The van der Waals surface area contributed by atoms with Gasteiger partial charge in [-0.05, 0) is 12.1 Å². The van der Waals surface area contributed by atoms with E-state index in [0.29, 0.717) is 0 Å². The van der Waals surface area contributed by atoms with Crippen LogP contribution in [0.25, 0.3) is 0 Å². The maximum Gasteiger partial charge on any atom is 0.499 e. The Morgan fingerprint density at radius 3 is 1.56 bits per heavy atom. The van der Waals surface area contributed by atoms with Gasteiger partial charge in [0.05, 0.1) is 0 Å². The van der Waals surface area contributed by atoms with Crippen molar-refractivity contribution < 1.29 is 13.3 Å². The van der Waals surface area contributed by atoms with E-state index in [9.17, 15) is 0 Å². The predicted molar refractivity (Wildman–Crippen MR) is 72.1 cm³/mol.